The number of nitrogens with zero attached hydrogens (tertiary/aromatic N) is 1. The molecule has 15 heteroatoms. The van der Waals surface area contributed by atoms with E-state index in [0.717, 1.165) is 10.9 Å². The van der Waals surface area contributed by atoms with E-state index in [2.05, 4.69) is 25.9 Å². The molecule has 2 rings (SSSR count). The minimum atomic E-state index is -1.29. The lowest BCUT2D eigenvalue weighted by Crippen LogP contribution is -2.57. The van der Waals surface area contributed by atoms with Gasteiger partial charge in [0.25, 0.3) is 0 Å². The number of para-hydroxylation sites is 1. The maximum atomic E-state index is 13.3. The Hall–Kier alpha value is -4.21. The van der Waals surface area contributed by atoms with Crippen LogP contribution in [0, 0.1) is 0 Å². The second kappa shape index (κ2) is 16.8. The molecule has 0 aliphatic rings. The Labute approximate surface area is 237 Å². The van der Waals surface area contributed by atoms with Crippen molar-refractivity contribution in [1.82, 2.24) is 20.9 Å². The molecule has 0 saturated carbocycles. The number of aromatic nitrogens is 1. The van der Waals surface area contributed by atoms with Crippen molar-refractivity contribution in [2.45, 2.75) is 62.7 Å². The fourth-order valence-corrected chi connectivity index (χ4v) is 4.16. The Bertz CT molecular complexity index is 1200. The number of amides is 3. The van der Waals surface area contributed by atoms with E-state index in [1.807, 2.05) is 24.3 Å². The zero-order chi connectivity index (χ0) is 30.4. The van der Waals surface area contributed by atoms with E-state index in [1.165, 1.54) is 0 Å². The second-order valence-electron chi connectivity index (χ2n) is 9.61. The molecule has 0 bridgehead atoms. The number of carboxylic acids is 1. The maximum Gasteiger partial charge on any atom is 0.326 e. The average molecular weight is 576 g/mol. The topological polar surface area (TPSA) is 277 Å². The molecule has 226 valence electrons. The molecule has 0 radical (unpaired) electrons. The number of aromatic amines is 1. The van der Waals surface area contributed by atoms with Gasteiger partial charge in [0.2, 0.25) is 17.7 Å². The number of carboxylic acid groups (broad SMARTS) is 1. The third kappa shape index (κ3) is 10.7. The number of nitrogens with one attached hydrogen (secondary N) is 4. The Morgan fingerprint density at radius 2 is 1.51 bits per heavy atom. The first-order valence-electron chi connectivity index (χ1n) is 13.4. The molecule has 0 aliphatic heterocycles. The second-order valence-corrected chi connectivity index (χ2v) is 9.61. The summed E-state index contributed by atoms with van der Waals surface area (Å²) in [7, 11) is 0. The highest BCUT2D eigenvalue weighted by molar-refractivity contribution is 5.94. The van der Waals surface area contributed by atoms with Gasteiger partial charge in [0, 0.05) is 30.1 Å². The molecule has 0 saturated heterocycles. The van der Waals surface area contributed by atoms with Crippen LogP contribution in [0.3, 0.4) is 0 Å². The lowest BCUT2D eigenvalue weighted by atomic mass is 10.0. The molecule has 0 fully saturated rings. The van der Waals surface area contributed by atoms with E-state index >= 15 is 0 Å². The minimum absolute atomic E-state index is 0.00340. The summed E-state index contributed by atoms with van der Waals surface area (Å²) in [6, 6.07) is 2.61. The van der Waals surface area contributed by atoms with Gasteiger partial charge < -0.3 is 54.1 Å². The lowest BCUT2D eigenvalue weighted by molar-refractivity contribution is -0.142. The number of carbonyl (C=O) groups excluding carboxylic acids is 3. The van der Waals surface area contributed by atoms with Crippen molar-refractivity contribution in [2.24, 2.45) is 27.9 Å². The van der Waals surface area contributed by atoms with E-state index in [1.54, 1.807) is 6.20 Å². The number of guanidine groups is 1. The van der Waals surface area contributed by atoms with Gasteiger partial charge >= 0.3 is 5.97 Å². The van der Waals surface area contributed by atoms with Gasteiger partial charge in [-0.2, -0.15) is 0 Å². The summed E-state index contributed by atoms with van der Waals surface area (Å²) in [6.07, 6.45) is 3.33. The molecular formula is C26H41N9O6. The summed E-state index contributed by atoms with van der Waals surface area (Å²) in [5.41, 5.74) is 23.4. The highest BCUT2D eigenvalue weighted by Gasteiger charge is 2.30. The van der Waals surface area contributed by atoms with Gasteiger partial charge in [0.1, 0.15) is 24.2 Å². The number of carbonyl (C=O) groups is 4. The Morgan fingerprint density at radius 1 is 0.902 bits per heavy atom. The van der Waals surface area contributed by atoms with E-state index in [9.17, 15) is 29.4 Å². The first kappa shape index (κ1) is 33.0. The summed E-state index contributed by atoms with van der Waals surface area (Å²) in [5, 5.41) is 27.5. The van der Waals surface area contributed by atoms with Crippen LogP contribution in [0.25, 0.3) is 10.9 Å². The van der Waals surface area contributed by atoms with Gasteiger partial charge in [-0.3, -0.25) is 19.4 Å². The first-order chi connectivity index (χ1) is 19.6. The predicted molar refractivity (Wildman–Crippen MR) is 153 cm³/mol. The molecule has 1 aromatic carbocycles. The van der Waals surface area contributed by atoms with Gasteiger partial charge in [-0.1, -0.05) is 18.2 Å². The van der Waals surface area contributed by atoms with Gasteiger partial charge in [-0.15, -0.1) is 0 Å². The quantitative estimate of drug-likeness (QED) is 0.0518. The first-order valence-corrected chi connectivity index (χ1v) is 13.4. The molecule has 4 atom stereocenters. The van der Waals surface area contributed by atoms with Gasteiger partial charge in [-0.25, -0.2) is 4.79 Å². The monoisotopic (exact) mass is 575 g/mol. The number of unbranched alkanes of at least 4 members (excludes halogenated alkanes) is 1. The minimum Gasteiger partial charge on any atom is -0.480 e. The highest BCUT2D eigenvalue weighted by Crippen LogP contribution is 2.19. The molecule has 15 nitrogen and oxygen atoms in total. The molecule has 0 aliphatic carbocycles. The smallest absolute Gasteiger partial charge is 0.326 e. The summed E-state index contributed by atoms with van der Waals surface area (Å²) >= 11 is 0. The van der Waals surface area contributed by atoms with Gasteiger partial charge in [0.15, 0.2) is 5.96 Å². The van der Waals surface area contributed by atoms with Crippen LogP contribution in [-0.2, 0) is 25.6 Å². The number of nitrogens with two attached hydrogens (primary N) is 4. The average Bonchev–Trinajstić information content (AvgIpc) is 3.35. The Balaban J connectivity index is 2.21. The van der Waals surface area contributed by atoms with Crippen LogP contribution < -0.4 is 38.9 Å². The number of hydrogen-bond acceptors (Lipinski definition) is 8. The molecule has 1 aromatic heterocycles. The Morgan fingerprint density at radius 3 is 2.12 bits per heavy atom. The summed E-state index contributed by atoms with van der Waals surface area (Å²) in [6.45, 7) is -0.0746. The van der Waals surface area contributed by atoms with Crippen molar-refractivity contribution in [3.63, 3.8) is 0 Å². The van der Waals surface area contributed by atoms with Crippen LogP contribution in [0.2, 0.25) is 0 Å². The number of benzene rings is 1. The zero-order valence-corrected chi connectivity index (χ0v) is 22.8. The number of hydrogen-bond donors (Lipinski definition) is 10. The van der Waals surface area contributed by atoms with Crippen LogP contribution in [0.1, 0.15) is 37.7 Å². The molecule has 14 N–H and O–H groups in total. The van der Waals surface area contributed by atoms with Gasteiger partial charge in [-0.05, 0) is 50.3 Å². The van der Waals surface area contributed by atoms with Crippen molar-refractivity contribution >= 4 is 40.6 Å². The predicted octanol–water partition coefficient (Wildman–Crippen LogP) is -2.25. The van der Waals surface area contributed by atoms with E-state index in [4.69, 9.17) is 22.9 Å². The number of fused-ring (bicyclic) bond motifs is 1. The third-order valence-electron chi connectivity index (χ3n) is 6.41. The van der Waals surface area contributed by atoms with Crippen LogP contribution >= 0.6 is 0 Å². The lowest BCUT2D eigenvalue weighted by Gasteiger charge is -2.25. The van der Waals surface area contributed by atoms with Crippen molar-refractivity contribution in [1.29, 1.82) is 0 Å². The molecule has 3 amide bonds. The third-order valence-corrected chi connectivity index (χ3v) is 6.41. The van der Waals surface area contributed by atoms with Crippen molar-refractivity contribution in [3.8, 4) is 0 Å². The van der Waals surface area contributed by atoms with Crippen LogP contribution in [-0.4, -0.2) is 88.7 Å². The molecule has 2 aromatic rings. The highest BCUT2D eigenvalue weighted by atomic mass is 16.4. The number of aliphatic carboxylic acids is 1. The van der Waals surface area contributed by atoms with Crippen molar-refractivity contribution < 1.29 is 29.4 Å². The SMILES string of the molecule is NCCCCC(NC(=O)C(N)CO)C(=O)NC(CCCN=C(N)N)C(=O)NC(Cc1c[nH]c2ccccc12)C(=O)O. The van der Waals surface area contributed by atoms with Crippen LogP contribution in [0.4, 0.5) is 0 Å². The fourth-order valence-electron chi connectivity index (χ4n) is 4.16. The number of rotatable bonds is 18. The molecule has 41 heavy (non-hydrogen) atoms. The molecular weight excluding hydrogens is 534 g/mol. The Kier molecular flexibility index (Phi) is 13.5. The van der Waals surface area contributed by atoms with E-state index < -0.39 is 54.5 Å². The number of aliphatic hydroxyl groups is 1. The summed E-state index contributed by atoms with van der Waals surface area (Å²) in [5.74, 6) is -3.53. The summed E-state index contributed by atoms with van der Waals surface area (Å²) in [4.78, 5) is 57.9. The summed E-state index contributed by atoms with van der Waals surface area (Å²) < 4.78 is 0. The fraction of sp³-hybridized carbons (Fsp3) is 0.500. The van der Waals surface area contributed by atoms with E-state index in [0.29, 0.717) is 24.9 Å². The van der Waals surface area contributed by atoms with Gasteiger partial charge in [0.05, 0.1) is 6.61 Å². The number of aliphatic hydroxyl groups excluding tert-OH is 1. The van der Waals surface area contributed by atoms with Crippen LogP contribution in [0.5, 0.6) is 0 Å². The molecule has 0 spiro atoms. The standard InChI is InChI=1S/C26H41N9O6/c27-10-4-3-8-19(33-22(37)17(28)14-36)23(38)34-20(9-5-11-31-26(29)30)24(39)35-21(25(40)41)12-15-13-32-18-7-2-1-6-16(15)18/h1-2,6-7,13,17,19-21,32,36H,3-5,8-12,14,27-28H2,(H,33,37)(H,34,38)(H,35,39)(H,40,41)(H4,29,30,31). The largest absolute Gasteiger partial charge is 0.480 e. The van der Waals surface area contributed by atoms with Crippen molar-refractivity contribution in [3.05, 3.63) is 36.0 Å². The molecule has 4 unspecified atom stereocenters. The normalized spacial score (nSPS) is 13.9. The zero-order valence-electron chi connectivity index (χ0n) is 22.8. The maximum absolute atomic E-state index is 13.3. The number of H-pyrrole nitrogens is 1. The van der Waals surface area contributed by atoms with E-state index in [-0.39, 0.29) is 38.2 Å². The number of aliphatic imine (C=N–C) groups is 1. The van der Waals surface area contributed by atoms with Crippen LogP contribution in [0.15, 0.2) is 35.5 Å². The van der Waals surface area contributed by atoms with Crippen molar-refractivity contribution in [2.75, 3.05) is 19.7 Å². The molecule has 1 heterocycles.